The van der Waals surface area contributed by atoms with Crippen molar-refractivity contribution in [2.45, 2.75) is 25.4 Å². The Hall–Kier alpha value is -2.83. The van der Waals surface area contributed by atoms with Gasteiger partial charge in [-0.15, -0.1) is 0 Å². The first-order valence-electron chi connectivity index (χ1n) is 7.24. The van der Waals surface area contributed by atoms with Crippen LogP contribution < -0.4 is 4.74 Å². The third-order valence-corrected chi connectivity index (χ3v) is 3.75. The van der Waals surface area contributed by atoms with Crippen LogP contribution in [0.5, 0.6) is 5.75 Å². The third-order valence-electron chi connectivity index (χ3n) is 3.75. The van der Waals surface area contributed by atoms with Crippen LogP contribution in [0, 0.1) is 5.82 Å². The lowest BCUT2D eigenvalue weighted by Gasteiger charge is -2.32. The highest BCUT2D eigenvalue weighted by Gasteiger charge is 2.42. The number of allylic oxidation sites excluding steroid dienone is 3. The average molecular weight is 352 g/mol. The van der Waals surface area contributed by atoms with Gasteiger partial charge in [0.2, 0.25) is 0 Å². The van der Waals surface area contributed by atoms with Crippen molar-refractivity contribution in [2.24, 2.45) is 0 Å². The minimum absolute atomic E-state index is 0.115. The standard InChI is InChI=1S/C18H15F3O4/c1-4-15(23)25-13-6-5-11(9-12(13)19)18(3)8-7-14(24-10(2)22)16(20)17(18)21/h4-9,17H,1H2,2-3H3. The van der Waals surface area contributed by atoms with Crippen molar-refractivity contribution in [1.29, 1.82) is 0 Å². The fraction of sp³-hybridized carbons (Fsp3) is 0.222. The second-order valence-corrected chi connectivity index (χ2v) is 5.55. The van der Waals surface area contributed by atoms with E-state index in [1.807, 2.05) is 0 Å². The van der Waals surface area contributed by atoms with E-state index in [-0.39, 0.29) is 11.3 Å². The van der Waals surface area contributed by atoms with Crippen LogP contribution in [0.4, 0.5) is 13.2 Å². The van der Waals surface area contributed by atoms with E-state index in [9.17, 15) is 22.8 Å². The summed E-state index contributed by atoms with van der Waals surface area (Å²) >= 11 is 0. The largest absolute Gasteiger partial charge is 0.424 e. The van der Waals surface area contributed by atoms with Gasteiger partial charge in [-0.2, -0.15) is 0 Å². The number of alkyl halides is 1. The highest BCUT2D eigenvalue weighted by Crippen LogP contribution is 2.41. The first-order valence-corrected chi connectivity index (χ1v) is 7.24. The molecule has 25 heavy (non-hydrogen) atoms. The van der Waals surface area contributed by atoms with Crippen molar-refractivity contribution in [3.63, 3.8) is 0 Å². The van der Waals surface area contributed by atoms with Crippen molar-refractivity contribution >= 4 is 11.9 Å². The van der Waals surface area contributed by atoms with Gasteiger partial charge in [0.15, 0.2) is 29.3 Å². The number of carbonyl (C=O) groups excluding carboxylic acids is 2. The van der Waals surface area contributed by atoms with Crippen LogP contribution in [-0.4, -0.2) is 18.1 Å². The zero-order valence-corrected chi connectivity index (χ0v) is 13.5. The summed E-state index contributed by atoms with van der Waals surface area (Å²) in [6, 6.07) is 3.41. The molecule has 0 N–H and O–H groups in total. The summed E-state index contributed by atoms with van der Waals surface area (Å²) in [7, 11) is 0. The zero-order chi connectivity index (χ0) is 18.8. The quantitative estimate of drug-likeness (QED) is 0.470. The van der Waals surface area contributed by atoms with E-state index in [1.165, 1.54) is 19.1 Å². The Morgan fingerprint density at radius 3 is 2.52 bits per heavy atom. The number of hydrogen-bond acceptors (Lipinski definition) is 4. The van der Waals surface area contributed by atoms with Crippen LogP contribution in [0.3, 0.4) is 0 Å². The zero-order valence-electron chi connectivity index (χ0n) is 13.5. The van der Waals surface area contributed by atoms with Gasteiger partial charge in [0, 0.05) is 18.4 Å². The van der Waals surface area contributed by atoms with E-state index in [1.54, 1.807) is 0 Å². The third kappa shape index (κ3) is 3.65. The first kappa shape index (κ1) is 18.5. The Balaban J connectivity index is 2.35. The van der Waals surface area contributed by atoms with Gasteiger partial charge in [0.1, 0.15) is 0 Å². The van der Waals surface area contributed by atoms with Crippen LogP contribution in [0.15, 0.2) is 54.6 Å². The first-order chi connectivity index (χ1) is 11.7. The smallest absolute Gasteiger partial charge is 0.335 e. The summed E-state index contributed by atoms with van der Waals surface area (Å²) < 4.78 is 52.2. The molecule has 0 bridgehead atoms. The van der Waals surface area contributed by atoms with Crippen molar-refractivity contribution in [2.75, 3.05) is 0 Å². The van der Waals surface area contributed by atoms with E-state index in [0.29, 0.717) is 0 Å². The van der Waals surface area contributed by atoms with Gasteiger partial charge < -0.3 is 9.47 Å². The fourth-order valence-electron chi connectivity index (χ4n) is 2.35. The molecule has 1 aliphatic carbocycles. The molecule has 0 heterocycles. The van der Waals surface area contributed by atoms with Crippen molar-refractivity contribution < 1.29 is 32.2 Å². The molecule has 0 fully saturated rings. The Morgan fingerprint density at radius 2 is 1.96 bits per heavy atom. The lowest BCUT2D eigenvalue weighted by Crippen LogP contribution is -2.35. The van der Waals surface area contributed by atoms with E-state index in [0.717, 1.165) is 31.2 Å². The van der Waals surface area contributed by atoms with Crippen LogP contribution in [0.1, 0.15) is 19.4 Å². The lowest BCUT2D eigenvalue weighted by atomic mass is 9.75. The van der Waals surface area contributed by atoms with E-state index >= 15 is 0 Å². The minimum atomic E-state index is -2.19. The van der Waals surface area contributed by atoms with Crippen LogP contribution in [0.2, 0.25) is 0 Å². The topological polar surface area (TPSA) is 52.6 Å². The molecular weight excluding hydrogens is 337 g/mol. The molecule has 1 aromatic carbocycles. The van der Waals surface area contributed by atoms with Crippen LogP contribution in [0.25, 0.3) is 0 Å². The molecule has 0 saturated heterocycles. The molecule has 0 saturated carbocycles. The predicted octanol–water partition coefficient (Wildman–Crippen LogP) is 3.83. The van der Waals surface area contributed by atoms with E-state index in [2.05, 4.69) is 11.3 Å². The summed E-state index contributed by atoms with van der Waals surface area (Å²) in [5.41, 5.74) is -1.42. The van der Waals surface area contributed by atoms with Crippen LogP contribution in [-0.2, 0) is 19.7 Å². The number of carbonyl (C=O) groups is 2. The van der Waals surface area contributed by atoms with Gasteiger partial charge in [-0.05, 0) is 30.7 Å². The normalized spacial score (nSPS) is 22.5. The maximum Gasteiger partial charge on any atom is 0.335 e. The minimum Gasteiger partial charge on any atom is -0.424 e. The number of hydrogen-bond donors (Lipinski definition) is 0. The van der Waals surface area contributed by atoms with E-state index < -0.39 is 40.9 Å². The Morgan fingerprint density at radius 1 is 1.28 bits per heavy atom. The summed E-state index contributed by atoms with van der Waals surface area (Å²) in [5, 5.41) is 0. The predicted molar refractivity (Wildman–Crippen MR) is 83.5 cm³/mol. The number of ether oxygens (including phenoxy) is 2. The summed E-state index contributed by atoms with van der Waals surface area (Å²) in [4.78, 5) is 22.0. The number of rotatable bonds is 4. The van der Waals surface area contributed by atoms with Gasteiger partial charge in [-0.25, -0.2) is 18.0 Å². The van der Waals surface area contributed by atoms with Crippen molar-refractivity contribution in [1.82, 2.24) is 0 Å². The molecule has 1 aliphatic rings. The van der Waals surface area contributed by atoms with Crippen molar-refractivity contribution in [3.05, 3.63) is 66.0 Å². The summed E-state index contributed by atoms with van der Waals surface area (Å²) in [5.74, 6) is -4.69. The highest BCUT2D eigenvalue weighted by molar-refractivity contribution is 5.83. The molecule has 0 aliphatic heterocycles. The molecule has 0 amide bonds. The van der Waals surface area contributed by atoms with Gasteiger partial charge in [-0.1, -0.05) is 18.7 Å². The molecule has 2 rings (SSSR count). The lowest BCUT2D eigenvalue weighted by molar-refractivity contribution is -0.136. The van der Waals surface area contributed by atoms with E-state index in [4.69, 9.17) is 4.74 Å². The van der Waals surface area contributed by atoms with Crippen molar-refractivity contribution in [3.8, 4) is 5.75 Å². The highest BCUT2D eigenvalue weighted by atomic mass is 19.2. The second kappa shape index (κ2) is 6.96. The molecule has 0 aromatic heterocycles. The molecule has 2 atom stereocenters. The Bertz CT molecular complexity index is 798. The molecular formula is C18H15F3O4. The molecule has 4 nitrogen and oxygen atoms in total. The maximum atomic E-state index is 14.6. The summed E-state index contributed by atoms with van der Waals surface area (Å²) in [6.07, 6.45) is 1.08. The number of esters is 2. The second-order valence-electron chi connectivity index (χ2n) is 5.55. The number of halogens is 3. The SMILES string of the molecule is C=CC(=O)Oc1ccc(C2(C)C=CC(OC(C)=O)=C(F)C2F)cc1F. The van der Waals surface area contributed by atoms with Crippen LogP contribution >= 0.6 is 0 Å². The monoisotopic (exact) mass is 352 g/mol. The maximum absolute atomic E-state index is 14.6. The molecule has 132 valence electrons. The molecule has 2 unspecified atom stereocenters. The average Bonchev–Trinajstić information content (AvgIpc) is 2.57. The summed E-state index contributed by atoms with van der Waals surface area (Å²) in [6.45, 7) is 5.62. The Labute approximate surface area is 142 Å². The molecule has 0 spiro atoms. The van der Waals surface area contributed by atoms with Gasteiger partial charge in [-0.3, -0.25) is 4.79 Å². The Kier molecular flexibility index (Phi) is 5.15. The number of benzene rings is 1. The van der Waals surface area contributed by atoms with Gasteiger partial charge >= 0.3 is 11.9 Å². The molecule has 0 radical (unpaired) electrons. The fourth-order valence-corrected chi connectivity index (χ4v) is 2.35. The molecule has 7 heteroatoms. The van der Waals surface area contributed by atoms with Gasteiger partial charge in [0.05, 0.1) is 0 Å². The van der Waals surface area contributed by atoms with Gasteiger partial charge in [0.25, 0.3) is 0 Å². The molecule has 1 aromatic rings.